The molecule has 2 N–H and O–H groups in total. The molecular formula is C13H25NO2. The fourth-order valence-corrected chi connectivity index (χ4v) is 2.63. The Labute approximate surface area is 98.7 Å². The molecule has 1 unspecified atom stereocenters. The van der Waals surface area contributed by atoms with Crippen LogP contribution in [0.3, 0.4) is 0 Å². The van der Waals surface area contributed by atoms with E-state index in [4.69, 9.17) is 10.5 Å². The van der Waals surface area contributed by atoms with Crippen LogP contribution >= 0.6 is 0 Å². The molecule has 0 saturated heterocycles. The molecule has 16 heavy (non-hydrogen) atoms. The Morgan fingerprint density at radius 3 is 2.50 bits per heavy atom. The van der Waals surface area contributed by atoms with Gasteiger partial charge in [-0.05, 0) is 43.1 Å². The molecule has 1 saturated carbocycles. The van der Waals surface area contributed by atoms with Gasteiger partial charge in [-0.25, -0.2) is 0 Å². The first kappa shape index (κ1) is 13.5. The molecule has 94 valence electrons. The standard InChI is InChI=1S/C13H25NO2/c1-12(2)5-4-6-13(10-14,8-7-12)9-11(15)16-3/h4-10,14H2,1-3H3. The Morgan fingerprint density at radius 2 is 1.94 bits per heavy atom. The van der Waals surface area contributed by atoms with Crippen LogP contribution in [0.15, 0.2) is 0 Å². The molecule has 1 rings (SSSR count). The van der Waals surface area contributed by atoms with E-state index in [1.165, 1.54) is 20.0 Å². The molecule has 0 bridgehead atoms. The van der Waals surface area contributed by atoms with Gasteiger partial charge in [0.2, 0.25) is 0 Å². The molecule has 0 aromatic carbocycles. The van der Waals surface area contributed by atoms with Crippen LogP contribution in [-0.4, -0.2) is 19.6 Å². The molecule has 0 aromatic rings. The number of carbonyl (C=O) groups excluding carboxylic acids is 1. The Kier molecular flexibility index (Phi) is 4.36. The number of hydrogen-bond acceptors (Lipinski definition) is 3. The summed E-state index contributed by atoms with van der Waals surface area (Å²) in [7, 11) is 1.45. The maximum Gasteiger partial charge on any atom is 0.306 e. The number of nitrogens with two attached hydrogens (primary N) is 1. The molecule has 0 spiro atoms. The maximum atomic E-state index is 11.4. The fourth-order valence-electron chi connectivity index (χ4n) is 2.63. The summed E-state index contributed by atoms with van der Waals surface area (Å²) < 4.78 is 4.78. The third-order valence-corrected chi connectivity index (χ3v) is 4.07. The van der Waals surface area contributed by atoms with Crippen molar-refractivity contribution < 1.29 is 9.53 Å². The van der Waals surface area contributed by atoms with Crippen LogP contribution in [0.5, 0.6) is 0 Å². The van der Waals surface area contributed by atoms with Crippen LogP contribution in [0.2, 0.25) is 0 Å². The smallest absolute Gasteiger partial charge is 0.306 e. The lowest BCUT2D eigenvalue weighted by molar-refractivity contribution is -0.143. The first-order valence-corrected chi connectivity index (χ1v) is 6.20. The molecule has 0 aromatic heterocycles. The zero-order valence-electron chi connectivity index (χ0n) is 10.8. The second-order valence-electron chi connectivity index (χ2n) is 5.97. The first-order chi connectivity index (χ1) is 7.43. The summed E-state index contributed by atoms with van der Waals surface area (Å²) >= 11 is 0. The van der Waals surface area contributed by atoms with Crippen LogP contribution in [-0.2, 0) is 9.53 Å². The lowest BCUT2D eigenvalue weighted by atomic mass is 9.76. The van der Waals surface area contributed by atoms with Crippen LogP contribution in [0.4, 0.5) is 0 Å². The molecule has 0 heterocycles. The number of methoxy groups -OCH3 is 1. The normalized spacial score (nSPS) is 29.5. The van der Waals surface area contributed by atoms with Crippen molar-refractivity contribution in [3.8, 4) is 0 Å². The topological polar surface area (TPSA) is 52.3 Å². The Balaban J connectivity index is 2.69. The van der Waals surface area contributed by atoms with E-state index in [1.807, 2.05) is 0 Å². The Bertz CT molecular complexity index is 250. The third-order valence-electron chi connectivity index (χ3n) is 4.07. The van der Waals surface area contributed by atoms with Crippen molar-refractivity contribution in [3.05, 3.63) is 0 Å². The highest BCUT2D eigenvalue weighted by molar-refractivity contribution is 5.70. The minimum Gasteiger partial charge on any atom is -0.469 e. The van der Waals surface area contributed by atoms with E-state index in [9.17, 15) is 4.79 Å². The molecule has 3 nitrogen and oxygen atoms in total. The highest BCUT2D eigenvalue weighted by Gasteiger charge is 2.36. The van der Waals surface area contributed by atoms with Gasteiger partial charge in [-0.1, -0.05) is 20.3 Å². The zero-order chi connectivity index (χ0) is 12.2. The van der Waals surface area contributed by atoms with Gasteiger partial charge in [-0.15, -0.1) is 0 Å². The Morgan fingerprint density at radius 1 is 1.25 bits per heavy atom. The average Bonchev–Trinajstić information content (AvgIpc) is 2.39. The SMILES string of the molecule is COC(=O)CC1(CN)CCCC(C)(C)CC1. The molecule has 0 aliphatic heterocycles. The maximum absolute atomic E-state index is 11.4. The van der Waals surface area contributed by atoms with E-state index < -0.39 is 0 Å². The largest absolute Gasteiger partial charge is 0.469 e. The first-order valence-electron chi connectivity index (χ1n) is 6.20. The molecular weight excluding hydrogens is 202 g/mol. The number of ether oxygens (including phenoxy) is 1. The molecule has 0 radical (unpaired) electrons. The second-order valence-corrected chi connectivity index (χ2v) is 5.97. The number of esters is 1. The molecule has 1 aliphatic carbocycles. The van der Waals surface area contributed by atoms with E-state index in [0.717, 1.165) is 19.3 Å². The van der Waals surface area contributed by atoms with E-state index in [2.05, 4.69) is 13.8 Å². The molecule has 1 aliphatic rings. The summed E-state index contributed by atoms with van der Waals surface area (Å²) in [6.45, 7) is 5.20. The van der Waals surface area contributed by atoms with E-state index in [0.29, 0.717) is 18.4 Å². The molecule has 0 amide bonds. The monoisotopic (exact) mass is 227 g/mol. The number of carbonyl (C=O) groups is 1. The van der Waals surface area contributed by atoms with Crippen molar-refractivity contribution in [2.75, 3.05) is 13.7 Å². The quantitative estimate of drug-likeness (QED) is 0.595. The second kappa shape index (κ2) is 5.17. The van der Waals surface area contributed by atoms with Gasteiger partial charge in [0, 0.05) is 0 Å². The van der Waals surface area contributed by atoms with Crippen LogP contribution in [0.25, 0.3) is 0 Å². The van der Waals surface area contributed by atoms with Gasteiger partial charge >= 0.3 is 5.97 Å². The van der Waals surface area contributed by atoms with E-state index >= 15 is 0 Å². The van der Waals surface area contributed by atoms with Crippen LogP contribution in [0.1, 0.15) is 52.4 Å². The van der Waals surface area contributed by atoms with Crippen molar-refractivity contribution in [2.45, 2.75) is 52.4 Å². The molecule has 3 heteroatoms. The third kappa shape index (κ3) is 3.48. The van der Waals surface area contributed by atoms with Crippen molar-refractivity contribution in [1.29, 1.82) is 0 Å². The van der Waals surface area contributed by atoms with Crippen LogP contribution < -0.4 is 5.73 Å². The van der Waals surface area contributed by atoms with Crippen molar-refractivity contribution in [3.63, 3.8) is 0 Å². The summed E-state index contributed by atoms with van der Waals surface area (Å²) in [5, 5.41) is 0. The lowest BCUT2D eigenvalue weighted by Crippen LogP contribution is -2.33. The van der Waals surface area contributed by atoms with Gasteiger partial charge in [0.05, 0.1) is 13.5 Å². The number of rotatable bonds is 3. The van der Waals surface area contributed by atoms with E-state index in [1.54, 1.807) is 0 Å². The summed E-state index contributed by atoms with van der Waals surface area (Å²) in [4.78, 5) is 11.4. The highest BCUT2D eigenvalue weighted by atomic mass is 16.5. The van der Waals surface area contributed by atoms with Gasteiger partial charge in [0.15, 0.2) is 0 Å². The predicted octanol–water partition coefficient (Wildman–Crippen LogP) is 2.48. The van der Waals surface area contributed by atoms with E-state index in [-0.39, 0.29) is 11.4 Å². The average molecular weight is 227 g/mol. The van der Waals surface area contributed by atoms with Crippen LogP contribution in [0, 0.1) is 10.8 Å². The summed E-state index contributed by atoms with van der Waals surface area (Å²) in [6, 6.07) is 0. The molecule has 1 atom stereocenters. The van der Waals surface area contributed by atoms with Gasteiger partial charge in [0.1, 0.15) is 0 Å². The van der Waals surface area contributed by atoms with Gasteiger partial charge in [-0.2, -0.15) is 0 Å². The van der Waals surface area contributed by atoms with Gasteiger partial charge < -0.3 is 10.5 Å². The minimum absolute atomic E-state index is 0.0130. The summed E-state index contributed by atoms with van der Waals surface area (Å²) in [6.07, 6.45) is 6.14. The zero-order valence-corrected chi connectivity index (χ0v) is 10.8. The Hall–Kier alpha value is -0.570. The van der Waals surface area contributed by atoms with Crippen molar-refractivity contribution >= 4 is 5.97 Å². The number of hydrogen-bond donors (Lipinski definition) is 1. The molecule has 1 fully saturated rings. The van der Waals surface area contributed by atoms with Gasteiger partial charge in [0.25, 0.3) is 0 Å². The highest BCUT2D eigenvalue weighted by Crippen LogP contribution is 2.43. The fraction of sp³-hybridized carbons (Fsp3) is 0.923. The summed E-state index contributed by atoms with van der Waals surface area (Å²) in [5.41, 5.74) is 6.27. The van der Waals surface area contributed by atoms with Crippen molar-refractivity contribution in [2.24, 2.45) is 16.6 Å². The lowest BCUT2D eigenvalue weighted by Gasteiger charge is -2.31. The summed E-state index contributed by atoms with van der Waals surface area (Å²) in [5.74, 6) is -0.120. The minimum atomic E-state index is -0.120. The van der Waals surface area contributed by atoms with Gasteiger partial charge in [-0.3, -0.25) is 4.79 Å². The predicted molar refractivity (Wildman–Crippen MR) is 65.0 cm³/mol. The van der Waals surface area contributed by atoms with Crippen molar-refractivity contribution in [1.82, 2.24) is 0 Å².